The molecule has 0 fully saturated rings. The van der Waals surface area contributed by atoms with Crippen LogP contribution in [0.25, 0.3) is 103 Å². The zero-order valence-electron chi connectivity index (χ0n) is 39.0. The molecule has 0 saturated heterocycles. The summed E-state index contributed by atoms with van der Waals surface area (Å²) in [5.41, 5.74) is 17.5. The maximum atomic E-state index is 7.31. The number of nitrogens with one attached hydrogen (secondary N) is 1. The van der Waals surface area contributed by atoms with Crippen molar-refractivity contribution in [2.45, 2.75) is 78.6 Å². The molecule has 0 unspecified atom stereocenters. The highest BCUT2D eigenvalue weighted by Crippen LogP contribution is 2.50. The van der Waals surface area contributed by atoms with E-state index in [0.717, 1.165) is 83.0 Å². The van der Waals surface area contributed by atoms with Gasteiger partial charge < -0.3 is 18.7 Å². The van der Waals surface area contributed by atoms with Crippen LogP contribution in [0, 0.1) is 0 Å². The molecule has 321 valence electrons. The summed E-state index contributed by atoms with van der Waals surface area (Å²) in [6, 6.07) is 49.6. The molecule has 0 saturated carbocycles. The Morgan fingerprint density at radius 2 is 1.15 bits per heavy atom. The van der Waals surface area contributed by atoms with Crippen molar-refractivity contribution in [3.63, 3.8) is 0 Å². The van der Waals surface area contributed by atoms with E-state index in [4.69, 9.17) is 8.83 Å². The Balaban J connectivity index is 1.20. The third kappa shape index (κ3) is 5.76. The maximum absolute atomic E-state index is 7.31. The standard InChI is InChI=1S/C60H50BN2O2S/c1-58(2,3)32-18-22-35(23-19-32)62-44-30-51-40(39-26-34(60(7,8)9)21-25-50(39)66-51)28-41(44)54-55-56-52(53-37-15-11-13-17-48(37)65-57(53)54)42-27-33(59(4,5)6)20-24-45(42)63(56)46-31-49-38(29-43(46)61-55)36-14-10-12-16-47(36)64-49/h10-31,62H,1-9H3. The number of rotatable bonds is 3. The number of hydrogen-bond acceptors (Lipinski definition) is 4. The first kappa shape index (κ1) is 39.6. The molecule has 66 heavy (non-hydrogen) atoms. The van der Waals surface area contributed by atoms with E-state index in [0.29, 0.717) is 0 Å². The Kier molecular flexibility index (Phi) is 8.05. The molecule has 8 aromatic carbocycles. The van der Waals surface area contributed by atoms with Gasteiger partial charge in [0.1, 0.15) is 22.3 Å². The average molecular weight is 874 g/mol. The molecule has 5 heterocycles. The first-order valence-corrected chi connectivity index (χ1v) is 24.1. The molecule has 12 aromatic rings. The number of thiophene rings is 1. The fourth-order valence-electron chi connectivity index (χ4n) is 10.7. The Labute approximate surface area is 389 Å². The Hall–Kier alpha value is -6.76. The number of anilines is 2. The monoisotopic (exact) mass is 873 g/mol. The number of aromatic nitrogens is 1. The first-order chi connectivity index (χ1) is 31.6. The molecule has 4 aromatic heterocycles. The van der Waals surface area contributed by atoms with Crippen LogP contribution in [0.2, 0.25) is 0 Å². The highest BCUT2D eigenvalue weighted by Gasteiger charge is 2.33. The van der Waals surface area contributed by atoms with Crippen molar-refractivity contribution in [1.82, 2.24) is 4.57 Å². The molecule has 1 N–H and O–H groups in total. The molecule has 13 rings (SSSR count). The van der Waals surface area contributed by atoms with Gasteiger partial charge in [-0.2, -0.15) is 0 Å². The van der Waals surface area contributed by atoms with Crippen LogP contribution in [0.4, 0.5) is 11.4 Å². The smallest absolute Gasteiger partial charge is 0.198 e. The van der Waals surface area contributed by atoms with Crippen molar-refractivity contribution in [3.05, 3.63) is 150 Å². The highest BCUT2D eigenvalue weighted by molar-refractivity contribution is 7.25. The van der Waals surface area contributed by atoms with Gasteiger partial charge in [0, 0.05) is 92.3 Å². The number of fused-ring (bicyclic) bond motifs is 15. The van der Waals surface area contributed by atoms with Gasteiger partial charge in [-0.05, 0) is 99.1 Å². The number of nitrogens with zero attached hydrogens (tertiary/aromatic N) is 1. The van der Waals surface area contributed by atoms with Crippen molar-refractivity contribution in [2.24, 2.45) is 0 Å². The van der Waals surface area contributed by atoms with Crippen LogP contribution >= 0.6 is 11.3 Å². The van der Waals surface area contributed by atoms with Gasteiger partial charge in [-0.1, -0.05) is 135 Å². The van der Waals surface area contributed by atoms with Crippen molar-refractivity contribution in [3.8, 4) is 16.8 Å². The molecule has 1 aliphatic rings. The van der Waals surface area contributed by atoms with E-state index in [2.05, 4.69) is 213 Å². The molecule has 0 bridgehead atoms. The van der Waals surface area contributed by atoms with E-state index in [1.165, 1.54) is 58.7 Å². The summed E-state index contributed by atoms with van der Waals surface area (Å²) in [6.45, 7) is 20.6. The van der Waals surface area contributed by atoms with Gasteiger partial charge in [0.2, 0.25) is 0 Å². The quantitative estimate of drug-likeness (QED) is 0.180. The first-order valence-electron chi connectivity index (χ1n) is 23.2. The summed E-state index contributed by atoms with van der Waals surface area (Å²) >= 11 is 1.86. The van der Waals surface area contributed by atoms with Gasteiger partial charge in [-0.15, -0.1) is 11.3 Å². The van der Waals surface area contributed by atoms with Gasteiger partial charge in [0.05, 0.1) is 5.52 Å². The molecular weight excluding hydrogens is 824 g/mol. The van der Waals surface area contributed by atoms with Crippen LogP contribution in [-0.4, -0.2) is 11.8 Å². The maximum Gasteiger partial charge on any atom is 0.198 e. The molecular formula is C60H50BN2O2S. The number of benzene rings is 8. The largest absolute Gasteiger partial charge is 0.456 e. The molecule has 0 amide bonds. The molecule has 0 aliphatic carbocycles. The summed E-state index contributed by atoms with van der Waals surface area (Å²) in [5, 5.41) is 13.4. The van der Waals surface area contributed by atoms with Gasteiger partial charge in [0.25, 0.3) is 0 Å². The van der Waals surface area contributed by atoms with Crippen LogP contribution in [0.3, 0.4) is 0 Å². The van der Waals surface area contributed by atoms with E-state index in [9.17, 15) is 0 Å². The van der Waals surface area contributed by atoms with Gasteiger partial charge in [-0.25, -0.2) is 0 Å². The third-order valence-corrected chi connectivity index (χ3v) is 15.4. The molecule has 1 aliphatic heterocycles. The minimum atomic E-state index is -0.0507. The van der Waals surface area contributed by atoms with E-state index in [1.54, 1.807) is 0 Å². The molecule has 4 nitrogen and oxygen atoms in total. The van der Waals surface area contributed by atoms with E-state index in [1.807, 2.05) is 11.3 Å². The highest BCUT2D eigenvalue weighted by atomic mass is 32.1. The minimum absolute atomic E-state index is 0.00991. The van der Waals surface area contributed by atoms with Crippen molar-refractivity contribution in [1.29, 1.82) is 0 Å². The topological polar surface area (TPSA) is 43.2 Å². The number of furan rings is 2. The second-order valence-electron chi connectivity index (χ2n) is 21.7. The summed E-state index contributed by atoms with van der Waals surface area (Å²) in [4.78, 5) is 0. The number of hydrogen-bond donors (Lipinski definition) is 1. The summed E-state index contributed by atoms with van der Waals surface area (Å²) in [5.74, 6) is 0. The average Bonchev–Trinajstić information content (AvgIpc) is 4.03. The zero-order valence-corrected chi connectivity index (χ0v) is 39.8. The predicted molar refractivity (Wildman–Crippen MR) is 285 cm³/mol. The van der Waals surface area contributed by atoms with Crippen LogP contribution < -0.4 is 16.2 Å². The van der Waals surface area contributed by atoms with Gasteiger partial charge >= 0.3 is 0 Å². The van der Waals surface area contributed by atoms with Gasteiger partial charge in [-0.3, -0.25) is 0 Å². The van der Waals surface area contributed by atoms with Crippen LogP contribution in [0.5, 0.6) is 0 Å². The third-order valence-electron chi connectivity index (χ3n) is 14.3. The normalized spacial score (nSPS) is 13.3. The van der Waals surface area contributed by atoms with Crippen LogP contribution in [0.15, 0.2) is 142 Å². The van der Waals surface area contributed by atoms with Crippen LogP contribution in [-0.2, 0) is 16.2 Å². The van der Waals surface area contributed by atoms with Crippen LogP contribution in [0.1, 0.15) is 79.0 Å². The summed E-state index contributed by atoms with van der Waals surface area (Å²) in [6.07, 6.45) is 0. The second-order valence-corrected chi connectivity index (χ2v) is 22.8. The molecule has 0 spiro atoms. The Bertz CT molecular complexity index is 4040. The molecule has 1 radical (unpaired) electrons. The molecule has 0 atom stereocenters. The van der Waals surface area contributed by atoms with Crippen molar-refractivity contribution >= 4 is 127 Å². The Morgan fingerprint density at radius 3 is 1.88 bits per heavy atom. The summed E-state index contributed by atoms with van der Waals surface area (Å²) in [7, 11) is 2.43. The second kappa shape index (κ2) is 13.4. The SMILES string of the molecule is CC(C)(C)c1ccc(Nc2cc3sc4ccc(C(C)(C)C)cc4c3cc2-c2c3c4c(c5cc(C(C)(C)C)ccc5n4-c4cc5oc6ccccc6c5cc4[B]3)c3c2oc2ccccc23)cc1. The fourth-order valence-corrected chi connectivity index (χ4v) is 11.8. The lowest BCUT2D eigenvalue weighted by Gasteiger charge is -2.24. The lowest BCUT2D eigenvalue weighted by Crippen LogP contribution is -2.37. The fraction of sp³-hybridized carbons (Fsp3) is 0.200. The minimum Gasteiger partial charge on any atom is -0.456 e. The zero-order chi connectivity index (χ0) is 45.2. The lowest BCUT2D eigenvalue weighted by molar-refractivity contribution is 0.590. The van der Waals surface area contributed by atoms with Crippen molar-refractivity contribution < 1.29 is 8.83 Å². The Morgan fingerprint density at radius 1 is 0.515 bits per heavy atom. The van der Waals surface area contributed by atoms with E-state index in [-0.39, 0.29) is 16.2 Å². The predicted octanol–water partition coefficient (Wildman–Crippen LogP) is 16.2. The number of para-hydroxylation sites is 2. The van der Waals surface area contributed by atoms with Crippen molar-refractivity contribution in [2.75, 3.05) is 5.32 Å². The van der Waals surface area contributed by atoms with E-state index < -0.39 is 0 Å². The van der Waals surface area contributed by atoms with Gasteiger partial charge in [0.15, 0.2) is 7.28 Å². The van der Waals surface area contributed by atoms with E-state index >= 15 is 0 Å². The summed E-state index contributed by atoms with van der Waals surface area (Å²) < 4.78 is 19.0. The molecule has 6 heteroatoms. The lowest BCUT2D eigenvalue weighted by atomic mass is 9.58.